The normalized spacial score (nSPS) is 14.1. The Kier molecular flexibility index (Phi) is 3.72. The summed E-state index contributed by atoms with van der Waals surface area (Å²) in [6.45, 7) is 1.76. The number of aliphatic hydroxyl groups is 2. The van der Waals surface area contributed by atoms with Crippen molar-refractivity contribution in [2.45, 2.75) is 25.6 Å². The van der Waals surface area contributed by atoms with Crippen LogP contribution in [0.15, 0.2) is 12.1 Å². The van der Waals surface area contributed by atoms with E-state index in [4.69, 9.17) is 16.7 Å². The minimum atomic E-state index is -1.12. The summed E-state index contributed by atoms with van der Waals surface area (Å²) in [7, 11) is 0. The fraction of sp³-hybridized carbons (Fsp3) is 0.364. The van der Waals surface area contributed by atoms with Crippen LogP contribution < -0.4 is 11.5 Å². The molecule has 0 saturated heterocycles. The predicted molar refractivity (Wildman–Crippen MR) is 61.2 cm³/mol. The lowest BCUT2D eigenvalue weighted by Gasteiger charge is -2.17. The number of rotatable bonds is 3. The summed E-state index contributed by atoms with van der Waals surface area (Å²) in [5.41, 5.74) is 13.3. The first-order chi connectivity index (χ1) is 7.47. The van der Waals surface area contributed by atoms with Crippen molar-refractivity contribution in [1.29, 1.82) is 5.26 Å². The summed E-state index contributed by atoms with van der Waals surface area (Å²) in [6, 6.07) is 4.95. The van der Waals surface area contributed by atoms with Crippen molar-refractivity contribution in [1.82, 2.24) is 0 Å². The number of benzene rings is 1. The van der Waals surface area contributed by atoms with Crippen LogP contribution in [0, 0.1) is 18.3 Å². The van der Waals surface area contributed by atoms with E-state index in [1.54, 1.807) is 19.1 Å². The molecule has 6 N–H and O–H groups in total. The van der Waals surface area contributed by atoms with Gasteiger partial charge in [0.1, 0.15) is 6.10 Å². The molecule has 5 nitrogen and oxygen atoms in total. The molecular formula is C11H15N3O2. The van der Waals surface area contributed by atoms with Crippen LogP contribution in [0.2, 0.25) is 0 Å². The molecule has 0 aromatic heterocycles. The third-order valence-corrected chi connectivity index (χ3v) is 2.45. The van der Waals surface area contributed by atoms with Gasteiger partial charge in [0.05, 0.1) is 30.0 Å². The number of nitrogen functional groups attached to an aromatic ring is 2. The minimum Gasteiger partial charge on any atom is -0.397 e. The Balaban J connectivity index is 3.01. The van der Waals surface area contributed by atoms with Crippen molar-refractivity contribution in [3.8, 4) is 6.07 Å². The van der Waals surface area contributed by atoms with E-state index in [9.17, 15) is 10.2 Å². The Morgan fingerprint density at radius 3 is 2.50 bits per heavy atom. The molecule has 0 radical (unpaired) electrons. The van der Waals surface area contributed by atoms with E-state index in [1.807, 2.05) is 0 Å². The second-order valence-corrected chi connectivity index (χ2v) is 3.72. The average Bonchev–Trinajstić information content (AvgIpc) is 2.24. The molecule has 5 heteroatoms. The Morgan fingerprint density at radius 1 is 1.38 bits per heavy atom. The van der Waals surface area contributed by atoms with Gasteiger partial charge >= 0.3 is 0 Å². The van der Waals surface area contributed by atoms with Crippen molar-refractivity contribution in [2.75, 3.05) is 11.5 Å². The first kappa shape index (κ1) is 12.3. The second-order valence-electron chi connectivity index (χ2n) is 3.72. The Bertz CT molecular complexity index is 403. The van der Waals surface area contributed by atoms with Crippen LogP contribution in [0.1, 0.15) is 23.7 Å². The van der Waals surface area contributed by atoms with Crippen molar-refractivity contribution in [2.24, 2.45) is 0 Å². The van der Waals surface area contributed by atoms with E-state index < -0.39 is 12.2 Å². The largest absolute Gasteiger partial charge is 0.397 e. The number of hydrogen-bond acceptors (Lipinski definition) is 5. The molecule has 16 heavy (non-hydrogen) atoms. The highest BCUT2D eigenvalue weighted by Crippen LogP contribution is 2.27. The van der Waals surface area contributed by atoms with E-state index in [-0.39, 0.29) is 6.42 Å². The lowest BCUT2D eigenvalue weighted by atomic mass is 9.99. The molecule has 2 unspecified atom stereocenters. The zero-order valence-corrected chi connectivity index (χ0v) is 9.01. The van der Waals surface area contributed by atoms with Gasteiger partial charge in [0.15, 0.2) is 0 Å². The SMILES string of the molecule is Cc1cc(C(O)C(O)CC#N)cc(N)c1N. The van der Waals surface area contributed by atoms with Crippen LogP contribution in [0.5, 0.6) is 0 Å². The highest BCUT2D eigenvalue weighted by molar-refractivity contribution is 5.68. The second kappa shape index (κ2) is 4.84. The van der Waals surface area contributed by atoms with Crippen molar-refractivity contribution in [3.05, 3.63) is 23.3 Å². The van der Waals surface area contributed by atoms with Gasteiger partial charge in [-0.2, -0.15) is 5.26 Å². The van der Waals surface area contributed by atoms with Gasteiger partial charge in [0, 0.05) is 0 Å². The van der Waals surface area contributed by atoms with Crippen molar-refractivity contribution >= 4 is 11.4 Å². The monoisotopic (exact) mass is 221 g/mol. The van der Waals surface area contributed by atoms with Crippen molar-refractivity contribution < 1.29 is 10.2 Å². The summed E-state index contributed by atoms with van der Waals surface area (Å²) < 4.78 is 0. The number of hydrogen-bond donors (Lipinski definition) is 4. The molecular weight excluding hydrogens is 206 g/mol. The third-order valence-electron chi connectivity index (χ3n) is 2.45. The van der Waals surface area contributed by atoms with E-state index in [0.29, 0.717) is 16.9 Å². The van der Waals surface area contributed by atoms with Crippen LogP contribution in [0.4, 0.5) is 11.4 Å². The molecule has 2 atom stereocenters. The average molecular weight is 221 g/mol. The van der Waals surface area contributed by atoms with Gasteiger partial charge in [-0.15, -0.1) is 0 Å². The maximum Gasteiger partial charge on any atom is 0.106 e. The number of nitriles is 1. The smallest absolute Gasteiger partial charge is 0.106 e. The van der Waals surface area contributed by atoms with Gasteiger partial charge in [-0.3, -0.25) is 0 Å². The van der Waals surface area contributed by atoms with Crippen molar-refractivity contribution in [3.63, 3.8) is 0 Å². The number of nitrogens with two attached hydrogens (primary N) is 2. The highest BCUT2D eigenvalue weighted by atomic mass is 16.3. The fourth-order valence-electron chi connectivity index (χ4n) is 1.45. The molecule has 0 heterocycles. The first-order valence-corrected chi connectivity index (χ1v) is 4.86. The van der Waals surface area contributed by atoms with E-state index >= 15 is 0 Å². The van der Waals surface area contributed by atoms with E-state index in [0.717, 1.165) is 5.56 Å². The van der Waals surface area contributed by atoms with Crippen LogP contribution in [-0.4, -0.2) is 16.3 Å². The van der Waals surface area contributed by atoms with Gasteiger partial charge in [-0.1, -0.05) is 6.07 Å². The summed E-state index contributed by atoms with van der Waals surface area (Å²) in [5.74, 6) is 0. The summed E-state index contributed by atoms with van der Waals surface area (Å²) in [4.78, 5) is 0. The van der Waals surface area contributed by atoms with Gasteiger partial charge in [0.2, 0.25) is 0 Å². The molecule has 0 spiro atoms. The topological polar surface area (TPSA) is 116 Å². The molecule has 1 rings (SSSR count). The molecule has 0 fully saturated rings. The predicted octanol–water partition coefficient (Wildman–Crippen LogP) is 0.467. The molecule has 0 aliphatic heterocycles. The van der Waals surface area contributed by atoms with Gasteiger partial charge in [0.25, 0.3) is 0 Å². The third kappa shape index (κ3) is 2.42. The molecule has 1 aromatic rings. The van der Waals surface area contributed by atoms with Gasteiger partial charge in [-0.25, -0.2) is 0 Å². The number of anilines is 2. The maximum atomic E-state index is 9.76. The molecule has 0 aliphatic rings. The minimum absolute atomic E-state index is 0.134. The quantitative estimate of drug-likeness (QED) is 0.553. The lowest BCUT2D eigenvalue weighted by molar-refractivity contribution is 0.0216. The zero-order chi connectivity index (χ0) is 12.3. The maximum absolute atomic E-state index is 9.76. The molecule has 1 aromatic carbocycles. The Hall–Kier alpha value is -1.77. The van der Waals surface area contributed by atoms with E-state index in [2.05, 4.69) is 0 Å². The Morgan fingerprint density at radius 2 is 2.00 bits per heavy atom. The Labute approximate surface area is 93.9 Å². The van der Waals surface area contributed by atoms with Gasteiger partial charge in [-0.05, 0) is 24.1 Å². The van der Waals surface area contributed by atoms with E-state index in [1.165, 1.54) is 6.07 Å². The fourth-order valence-corrected chi connectivity index (χ4v) is 1.45. The molecule has 0 aliphatic carbocycles. The van der Waals surface area contributed by atoms with Crippen LogP contribution in [0.3, 0.4) is 0 Å². The number of aryl methyl sites for hydroxylation is 1. The summed E-state index contributed by atoms with van der Waals surface area (Å²) in [5, 5.41) is 27.7. The number of aliphatic hydroxyl groups excluding tert-OH is 2. The zero-order valence-electron chi connectivity index (χ0n) is 9.01. The standard InChI is InChI=1S/C11H15N3O2/c1-6-4-7(5-8(13)10(6)14)11(16)9(15)2-3-12/h4-5,9,11,15-16H,2,13-14H2,1H3. The summed E-state index contributed by atoms with van der Waals surface area (Å²) >= 11 is 0. The molecule has 0 amide bonds. The highest BCUT2D eigenvalue weighted by Gasteiger charge is 2.19. The molecule has 86 valence electrons. The summed E-state index contributed by atoms with van der Waals surface area (Å²) in [6.07, 6.45) is -2.38. The van der Waals surface area contributed by atoms with Crippen LogP contribution in [0.25, 0.3) is 0 Å². The first-order valence-electron chi connectivity index (χ1n) is 4.86. The molecule has 0 saturated carbocycles. The molecule has 0 bridgehead atoms. The lowest BCUT2D eigenvalue weighted by Crippen LogP contribution is -2.18. The number of nitrogens with zero attached hydrogens (tertiary/aromatic N) is 1. The van der Waals surface area contributed by atoms with Crippen LogP contribution in [-0.2, 0) is 0 Å². The van der Waals surface area contributed by atoms with Crippen LogP contribution >= 0.6 is 0 Å². The van der Waals surface area contributed by atoms with Gasteiger partial charge < -0.3 is 21.7 Å².